The average molecular weight is 289 g/mol. The lowest BCUT2D eigenvalue weighted by Gasteiger charge is -2.22. The van der Waals surface area contributed by atoms with Crippen molar-refractivity contribution in [2.24, 2.45) is 0 Å². The maximum Gasteiger partial charge on any atom is 0.261 e. The first-order valence-electron chi connectivity index (χ1n) is 6.21. The largest absolute Gasteiger partial charge is 0.374 e. The summed E-state index contributed by atoms with van der Waals surface area (Å²) in [5, 5.41) is 0. The van der Waals surface area contributed by atoms with E-state index in [4.69, 9.17) is 15.4 Å². The third-order valence-electron chi connectivity index (χ3n) is 3.22. The van der Waals surface area contributed by atoms with E-state index in [-0.39, 0.29) is 4.90 Å². The maximum absolute atomic E-state index is 11.2. The molecule has 0 saturated heterocycles. The lowest BCUT2D eigenvalue weighted by Crippen LogP contribution is -2.16. The van der Waals surface area contributed by atoms with Gasteiger partial charge in [0.2, 0.25) is 0 Å². The molecule has 1 fully saturated rings. The lowest BCUT2D eigenvalue weighted by molar-refractivity contribution is 0.0168. The number of hydrogen-bond acceptors (Lipinski definition) is 3. The summed E-state index contributed by atoms with van der Waals surface area (Å²) in [6.07, 6.45) is 6.26. The molecule has 100 valence electrons. The fraction of sp³-hybridized carbons (Fsp3) is 0.538. The van der Waals surface area contributed by atoms with Gasteiger partial charge in [-0.1, -0.05) is 31.4 Å². The third kappa shape index (κ3) is 3.97. The smallest absolute Gasteiger partial charge is 0.261 e. The number of rotatable bonds is 4. The van der Waals surface area contributed by atoms with E-state index in [0.717, 1.165) is 18.4 Å². The molecule has 3 nitrogen and oxygen atoms in total. The van der Waals surface area contributed by atoms with Crippen LogP contribution in [0.2, 0.25) is 0 Å². The topological polar surface area (TPSA) is 43.4 Å². The molecule has 0 amide bonds. The molecule has 0 N–H and O–H groups in total. The highest BCUT2D eigenvalue weighted by Gasteiger charge is 2.14. The van der Waals surface area contributed by atoms with Crippen molar-refractivity contribution in [1.29, 1.82) is 0 Å². The van der Waals surface area contributed by atoms with E-state index in [0.29, 0.717) is 12.7 Å². The number of halogens is 1. The van der Waals surface area contributed by atoms with Crippen molar-refractivity contribution < 1.29 is 13.2 Å². The summed E-state index contributed by atoms with van der Waals surface area (Å²) in [6.45, 7) is 0.449. The Morgan fingerprint density at radius 3 is 2.61 bits per heavy atom. The van der Waals surface area contributed by atoms with Gasteiger partial charge in [-0.25, -0.2) is 8.42 Å². The molecule has 1 aromatic rings. The molecule has 1 saturated carbocycles. The summed E-state index contributed by atoms with van der Waals surface area (Å²) in [5.41, 5.74) is 0.849. The highest BCUT2D eigenvalue weighted by atomic mass is 35.7. The van der Waals surface area contributed by atoms with E-state index in [2.05, 4.69) is 0 Å². The third-order valence-corrected chi connectivity index (χ3v) is 4.57. The highest BCUT2D eigenvalue weighted by molar-refractivity contribution is 8.13. The van der Waals surface area contributed by atoms with Gasteiger partial charge in [0.1, 0.15) is 0 Å². The van der Waals surface area contributed by atoms with Gasteiger partial charge in [-0.2, -0.15) is 0 Å². The van der Waals surface area contributed by atoms with E-state index in [9.17, 15) is 8.42 Å². The second-order valence-electron chi connectivity index (χ2n) is 4.66. The normalized spacial score (nSPS) is 17.8. The van der Waals surface area contributed by atoms with Gasteiger partial charge < -0.3 is 4.74 Å². The first-order valence-corrected chi connectivity index (χ1v) is 8.52. The van der Waals surface area contributed by atoms with Crippen molar-refractivity contribution >= 4 is 19.7 Å². The minimum absolute atomic E-state index is 0.133. The standard InChI is InChI=1S/C13H17ClO3S/c14-18(15,16)13-8-4-5-11(9-13)10-17-12-6-2-1-3-7-12/h4-5,8-9,12H,1-3,6-7,10H2. The molecule has 0 heterocycles. The first kappa shape index (κ1) is 13.8. The zero-order valence-corrected chi connectivity index (χ0v) is 11.7. The zero-order valence-electron chi connectivity index (χ0n) is 10.1. The first-order chi connectivity index (χ1) is 8.55. The van der Waals surface area contributed by atoms with Gasteiger partial charge in [0.05, 0.1) is 17.6 Å². The van der Waals surface area contributed by atoms with Crippen LogP contribution in [0, 0.1) is 0 Å². The molecule has 1 aromatic carbocycles. The van der Waals surface area contributed by atoms with E-state index >= 15 is 0 Å². The van der Waals surface area contributed by atoms with Crippen LogP contribution in [0.1, 0.15) is 37.7 Å². The Morgan fingerprint density at radius 1 is 1.22 bits per heavy atom. The highest BCUT2D eigenvalue weighted by Crippen LogP contribution is 2.22. The molecule has 2 rings (SSSR count). The SMILES string of the molecule is O=S(=O)(Cl)c1cccc(COC2CCCCC2)c1. The minimum atomic E-state index is -3.65. The van der Waals surface area contributed by atoms with Crippen LogP contribution < -0.4 is 0 Å². The lowest BCUT2D eigenvalue weighted by atomic mass is 9.98. The second kappa shape index (κ2) is 6.04. The Kier molecular flexibility index (Phi) is 4.65. The van der Waals surface area contributed by atoms with Crippen LogP contribution in [0.25, 0.3) is 0 Å². The molecule has 0 unspecified atom stereocenters. The Labute approximate surface area is 113 Å². The van der Waals surface area contributed by atoms with Crippen LogP contribution in [-0.4, -0.2) is 14.5 Å². The van der Waals surface area contributed by atoms with Gasteiger partial charge in [-0.05, 0) is 30.5 Å². The summed E-state index contributed by atoms with van der Waals surface area (Å²) in [5.74, 6) is 0. The molecule has 1 aliphatic rings. The molecule has 18 heavy (non-hydrogen) atoms. The minimum Gasteiger partial charge on any atom is -0.374 e. The Bertz CT molecular complexity index is 493. The fourth-order valence-corrected chi connectivity index (χ4v) is 3.05. The van der Waals surface area contributed by atoms with Gasteiger partial charge in [-0.3, -0.25) is 0 Å². The summed E-state index contributed by atoms with van der Waals surface area (Å²) in [6, 6.07) is 6.61. The number of ether oxygens (including phenoxy) is 1. The van der Waals surface area contributed by atoms with Crippen LogP contribution in [0.15, 0.2) is 29.2 Å². The Morgan fingerprint density at radius 2 is 1.94 bits per heavy atom. The molecule has 0 aliphatic heterocycles. The molecule has 0 radical (unpaired) electrons. The van der Waals surface area contributed by atoms with Crippen LogP contribution in [0.5, 0.6) is 0 Å². The van der Waals surface area contributed by atoms with Crippen molar-refractivity contribution in [3.8, 4) is 0 Å². The van der Waals surface area contributed by atoms with E-state index < -0.39 is 9.05 Å². The number of benzene rings is 1. The zero-order chi connectivity index (χ0) is 13.0. The van der Waals surface area contributed by atoms with Crippen LogP contribution in [0.4, 0.5) is 0 Å². The molecule has 0 aromatic heterocycles. The summed E-state index contributed by atoms with van der Waals surface area (Å²) < 4.78 is 28.2. The predicted octanol–water partition coefficient (Wildman–Crippen LogP) is 3.46. The Hall–Kier alpha value is -0.580. The van der Waals surface area contributed by atoms with Crippen molar-refractivity contribution in [3.05, 3.63) is 29.8 Å². The van der Waals surface area contributed by atoms with Crippen molar-refractivity contribution in [3.63, 3.8) is 0 Å². The number of hydrogen-bond donors (Lipinski definition) is 0. The summed E-state index contributed by atoms with van der Waals surface area (Å²) >= 11 is 0. The molecule has 1 aliphatic carbocycles. The maximum atomic E-state index is 11.2. The van der Waals surface area contributed by atoms with Crippen molar-refractivity contribution in [2.45, 2.75) is 49.7 Å². The second-order valence-corrected chi connectivity index (χ2v) is 7.22. The van der Waals surface area contributed by atoms with Crippen molar-refractivity contribution in [1.82, 2.24) is 0 Å². The van der Waals surface area contributed by atoms with Gasteiger partial charge in [-0.15, -0.1) is 0 Å². The van der Waals surface area contributed by atoms with Crippen LogP contribution in [-0.2, 0) is 20.4 Å². The average Bonchev–Trinajstić information content (AvgIpc) is 2.37. The molecular weight excluding hydrogens is 272 g/mol. The summed E-state index contributed by atoms with van der Waals surface area (Å²) in [7, 11) is 1.66. The molecule has 5 heteroatoms. The van der Waals surface area contributed by atoms with Gasteiger partial charge in [0.15, 0.2) is 0 Å². The predicted molar refractivity (Wildman–Crippen MR) is 71.1 cm³/mol. The van der Waals surface area contributed by atoms with Crippen molar-refractivity contribution in [2.75, 3.05) is 0 Å². The summed E-state index contributed by atoms with van der Waals surface area (Å²) in [4.78, 5) is 0.133. The van der Waals surface area contributed by atoms with Gasteiger partial charge >= 0.3 is 0 Å². The molecule has 0 spiro atoms. The quantitative estimate of drug-likeness (QED) is 0.797. The molecular formula is C13H17ClO3S. The Balaban J connectivity index is 1.97. The fourth-order valence-electron chi connectivity index (χ4n) is 2.23. The molecule has 0 atom stereocenters. The van der Waals surface area contributed by atoms with Gasteiger partial charge in [0, 0.05) is 10.7 Å². The molecule has 0 bridgehead atoms. The van der Waals surface area contributed by atoms with E-state index in [1.54, 1.807) is 12.1 Å². The van der Waals surface area contributed by atoms with Gasteiger partial charge in [0.25, 0.3) is 9.05 Å². The monoisotopic (exact) mass is 288 g/mol. The van der Waals surface area contributed by atoms with E-state index in [1.165, 1.54) is 25.3 Å². The van der Waals surface area contributed by atoms with Crippen LogP contribution in [0.3, 0.4) is 0 Å². The van der Waals surface area contributed by atoms with E-state index in [1.807, 2.05) is 6.07 Å². The van der Waals surface area contributed by atoms with Crippen LogP contribution >= 0.6 is 10.7 Å².